The highest BCUT2D eigenvalue weighted by Gasteiger charge is 2.24. The van der Waals surface area contributed by atoms with Crippen LogP contribution in [0.4, 0.5) is 0 Å². The van der Waals surface area contributed by atoms with Gasteiger partial charge in [0.2, 0.25) is 5.91 Å². The van der Waals surface area contributed by atoms with E-state index in [4.69, 9.17) is 16.3 Å². The van der Waals surface area contributed by atoms with E-state index >= 15 is 0 Å². The van der Waals surface area contributed by atoms with Crippen LogP contribution >= 0.6 is 34.7 Å². The van der Waals surface area contributed by atoms with Crippen LogP contribution in [0.2, 0.25) is 5.02 Å². The topological polar surface area (TPSA) is 92.4 Å². The fourth-order valence-electron chi connectivity index (χ4n) is 3.14. The van der Waals surface area contributed by atoms with Gasteiger partial charge in [-0.1, -0.05) is 23.7 Å². The molecule has 0 aliphatic carbocycles. The van der Waals surface area contributed by atoms with Crippen molar-refractivity contribution in [2.24, 2.45) is 0 Å². The van der Waals surface area contributed by atoms with Crippen LogP contribution in [-0.2, 0) is 26.6 Å². The highest BCUT2D eigenvalue weighted by atomic mass is 35.5. The van der Waals surface area contributed by atoms with E-state index in [-0.39, 0.29) is 24.6 Å². The van der Waals surface area contributed by atoms with Crippen LogP contribution in [0.3, 0.4) is 0 Å². The van der Waals surface area contributed by atoms with Crippen LogP contribution in [-0.4, -0.2) is 45.6 Å². The Kier molecular flexibility index (Phi) is 7.97. The number of H-pyrrole nitrogens is 1. The molecule has 32 heavy (non-hydrogen) atoms. The van der Waals surface area contributed by atoms with Gasteiger partial charge in [0.25, 0.3) is 5.56 Å². The second-order valence-corrected chi connectivity index (χ2v) is 10.3. The van der Waals surface area contributed by atoms with Gasteiger partial charge in [0.05, 0.1) is 23.5 Å². The molecule has 3 aromatic rings. The van der Waals surface area contributed by atoms with E-state index in [1.54, 1.807) is 19.1 Å². The zero-order valence-electron chi connectivity index (χ0n) is 18.2. The van der Waals surface area contributed by atoms with Gasteiger partial charge in [0.1, 0.15) is 17.2 Å². The Morgan fingerprint density at radius 3 is 2.62 bits per heavy atom. The number of ether oxygens (including phenoxy) is 1. The number of hydrogen-bond acceptors (Lipinski definition) is 7. The van der Waals surface area contributed by atoms with E-state index in [9.17, 15) is 14.4 Å². The molecule has 0 fully saturated rings. The second kappa shape index (κ2) is 10.5. The number of aromatic amines is 1. The maximum Gasteiger partial charge on any atom is 0.325 e. The number of carbonyl (C=O) groups excluding carboxylic acids is 2. The lowest BCUT2D eigenvalue weighted by molar-refractivity contribution is -0.147. The minimum Gasteiger partial charge on any atom is -0.468 e. The van der Waals surface area contributed by atoms with Gasteiger partial charge in [-0.05, 0) is 44.0 Å². The maximum absolute atomic E-state index is 13.1. The van der Waals surface area contributed by atoms with E-state index in [1.807, 2.05) is 26.0 Å². The van der Waals surface area contributed by atoms with Crippen LogP contribution in [0.15, 0.2) is 29.1 Å². The van der Waals surface area contributed by atoms with Gasteiger partial charge in [-0.25, -0.2) is 4.98 Å². The van der Waals surface area contributed by atoms with Gasteiger partial charge >= 0.3 is 5.97 Å². The number of esters is 1. The summed E-state index contributed by atoms with van der Waals surface area (Å²) in [5.41, 5.74) is 1.63. The van der Waals surface area contributed by atoms with Gasteiger partial charge < -0.3 is 14.6 Å². The molecule has 170 valence electrons. The maximum atomic E-state index is 13.1. The number of amides is 1. The number of thiophene rings is 1. The largest absolute Gasteiger partial charge is 0.468 e. The van der Waals surface area contributed by atoms with Crippen LogP contribution in [0.5, 0.6) is 0 Å². The highest BCUT2D eigenvalue weighted by molar-refractivity contribution is 7.99. The van der Waals surface area contributed by atoms with Gasteiger partial charge in [-0.15, -0.1) is 23.1 Å². The first-order valence-corrected chi connectivity index (χ1v) is 12.1. The summed E-state index contributed by atoms with van der Waals surface area (Å²) < 4.78 is 4.75. The minimum atomic E-state index is -0.496. The number of thioether (sulfide) groups is 1. The minimum absolute atomic E-state index is 0.155. The fourth-order valence-corrected chi connectivity index (χ4v) is 5.15. The predicted molar refractivity (Wildman–Crippen MR) is 129 cm³/mol. The molecule has 2 heterocycles. The summed E-state index contributed by atoms with van der Waals surface area (Å²) >= 11 is 8.77. The van der Waals surface area contributed by atoms with Crippen molar-refractivity contribution in [1.82, 2.24) is 14.9 Å². The summed E-state index contributed by atoms with van der Waals surface area (Å²) in [6, 6.07) is 7.10. The van der Waals surface area contributed by atoms with Crippen molar-refractivity contribution in [2.75, 3.05) is 13.7 Å². The zero-order chi connectivity index (χ0) is 23.4. The lowest BCUT2D eigenvalue weighted by Gasteiger charge is -2.24. The number of aryl methyl sites for hydroxylation is 2. The van der Waals surface area contributed by atoms with Crippen molar-refractivity contribution >= 4 is 56.8 Å². The summed E-state index contributed by atoms with van der Waals surface area (Å²) in [4.78, 5) is 48.0. The average Bonchev–Trinajstić information content (AvgIpc) is 3.06. The number of fused-ring (bicyclic) bond motifs is 1. The monoisotopic (exact) mass is 493 g/mol. The molecular formula is C22H24ClN3O4S2. The second-order valence-electron chi connectivity index (χ2n) is 7.33. The van der Waals surface area contributed by atoms with E-state index in [2.05, 4.69) is 9.97 Å². The summed E-state index contributed by atoms with van der Waals surface area (Å²) in [5.74, 6) is 0.178. The molecule has 0 radical (unpaired) electrons. The van der Waals surface area contributed by atoms with Crippen molar-refractivity contribution in [3.05, 3.63) is 61.5 Å². The number of halogens is 1. The van der Waals surface area contributed by atoms with Crippen LogP contribution in [0.25, 0.3) is 10.2 Å². The third-order valence-corrected chi connectivity index (χ3v) is 7.55. The Balaban J connectivity index is 1.72. The number of nitrogens with one attached hydrogen (secondary N) is 1. The molecule has 1 N–H and O–H groups in total. The van der Waals surface area contributed by atoms with Gasteiger partial charge in [-0.3, -0.25) is 14.4 Å². The van der Waals surface area contributed by atoms with Gasteiger partial charge in [0, 0.05) is 16.4 Å². The first-order valence-electron chi connectivity index (χ1n) is 9.90. The molecule has 0 bridgehead atoms. The van der Waals surface area contributed by atoms with E-state index < -0.39 is 11.2 Å². The van der Waals surface area contributed by atoms with E-state index in [0.29, 0.717) is 26.8 Å². The van der Waals surface area contributed by atoms with Crippen molar-refractivity contribution in [1.29, 1.82) is 0 Å². The Labute approximate surface area is 199 Å². The van der Waals surface area contributed by atoms with Crippen LogP contribution in [0.1, 0.15) is 28.8 Å². The molecule has 1 amide bonds. The number of methoxy groups -OCH3 is 1. The van der Waals surface area contributed by atoms with Crippen molar-refractivity contribution in [3.8, 4) is 0 Å². The third kappa shape index (κ3) is 5.70. The summed E-state index contributed by atoms with van der Waals surface area (Å²) in [6.45, 7) is 5.75. The quantitative estimate of drug-likeness (QED) is 0.475. The molecule has 0 aliphatic rings. The van der Waals surface area contributed by atoms with Gasteiger partial charge in [-0.2, -0.15) is 0 Å². The van der Waals surface area contributed by atoms with Gasteiger partial charge in [0.15, 0.2) is 0 Å². The number of hydrogen-bond donors (Lipinski definition) is 1. The number of benzene rings is 1. The number of carbonyl (C=O) groups is 2. The lowest BCUT2D eigenvalue weighted by Crippen LogP contribution is -2.40. The van der Waals surface area contributed by atoms with Crippen LogP contribution in [0, 0.1) is 13.8 Å². The number of rotatable bonds is 8. The lowest BCUT2D eigenvalue weighted by atomic mass is 10.2. The molecule has 1 unspecified atom stereocenters. The van der Waals surface area contributed by atoms with Crippen molar-refractivity contribution < 1.29 is 14.3 Å². The van der Waals surface area contributed by atoms with Crippen molar-refractivity contribution in [3.63, 3.8) is 0 Å². The zero-order valence-corrected chi connectivity index (χ0v) is 20.6. The smallest absolute Gasteiger partial charge is 0.325 e. The molecule has 0 aliphatic heterocycles. The number of nitrogens with zero attached hydrogens (tertiary/aromatic N) is 2. The molecule has 1 aromatic carbocycles. The van der Waals surface area contributed by atoms with Crippen LogP contribution < -0.4 is 5.56 Å². The van der Waals surface area contributed by atoms with E-state index in [1.165, 1.54) is 35.1 Å². The highest BCUT2D eigenvalue weighted by Crippen LogP contribution is 2.27. The Morgan fingerprint density at radius 2 is 1.97 bits per heavy atom. The first-order chi connectivity index (χ1) is 15.2. The normalized spacial score (nSPS) is 12.0. The molecule has 0 spiro atoms. The summed E-state index contributed by atoms with van der Waals surface area (Å²) in [5, 5.41) is 0.760. The predicted octanol–water partition coefficient (Wildman–Crippen LogP) is 4.08. The Bertz CT molecular complexity index is 1190. The molecule has 0 saturated carbocycles. The fraction of sp³-hybridized carbons (Fsp3) is 0.364. The Hall–Kier alpha value is -2.36. The molecule has 0 saturated heterocycles. The average molecular weight is 494 g/mol. The summed E-state index contributed by atoms with van der Waals surface area (Å²) in [7, 11) is 1.29. The molecule has 1 atom stereocenters. The third-order valence-electron chi connectivity index (χ3n) is 5.05. The summed E-state index contributed by atoms with van der Waals surface area (Å²) in [6.07, 6.45) is 0. The Morgan fingerprint density at radius 1 is 1.28 bits per heavy atom. The van der Waals surface area contributed by atoms with E-state index in [0.717, 1.165) is 16.0 Å². The molecule has 10 heteroatoms. The first kappa shape index (κ1) is 24.3. The standard InChI is InChI=1S/C22H24ClN3O4S2/c1-12-13(2)32-21-19(12)20(28)24-17(25-21)11-31-14(3)22(29)26(10-18(27)30-4)9-15-5-7-16(23)8-6-15/h5-8,14H,9-11H2,1-4H3,(H,24,25,28). The SMILES string of the molecule is COC(=O)CN(Cc1ccc(Cl)cc1)C(=O)C(C)SCc1nc2sc(C)c(C)c2c(=O)[nH]1. The van der Waals surface area contributed by atoms with Crippen molar-refractivity contribution in [2.45, 2.75) is 38.3 Å². The number of aromatic nitrogens is 2. The molecule has 7 nitrogen and oxygen atoms in total. The molecule has 3 rings (SSSR count). The molecular weight excluding hydrogens is 470 g/mol. The molecule has 2 aromatic heterocycles.